The number of halogens is 1. The van der Waals surface area contributed by atoms with Crippen LogP contribution in [0, 0.1) is 0 Å². The average Bonchev–Trinajstić information content (AvgIpc) is 3.37. The van der Waals surface area contributed by atoms with Gasteiger partial charge in [0.25, 0.3) is 0 Å². The number of anilines is 1. The quantitative estimate of drug-likeness (QED) is 0.779. The number of hydrogen-bond donors (Lipinski definition) is 2. The number of carbonyl (C=O) groups is 1. The molecule has 2 heterocycles. The van der Waals surface area contributed by atoms with Crippen molar-refractivity contribution in [2.24, 2.45) is 9.50 Å². The van der Waals surface area contributed by atoms with Gasteiger partial charge in [-0.05, 0) is 41.5 Å². The number of fused-ring (bicyclic) bond motifs is 3. The number of benzene rings is 1. The lowest BCUT2D eigenvalue weighted by Crippen LogP contribution is -2.21. The van der Waals surface area contributed by atoms with Crippen molar-refractivity contribution in [1.29, 1.82) is 0 Å². The van der Waals surface area contributed by atoms with Gasteiger partial charge in [-0.1, -0.05) is 6.07 Å². The maximum absolute atomic E-state index is 14.0. The summed E-state index contributed by atoms with van der Waals surface area (Å²) in [4.78, 5) is 12.8. The number of aryl methyl sites for hydroxylation is 2. The number of alkyl halides is 1. The highest BCUT2D eigenvalue weighted by Gasteiger charge is 2.30. The standard InChI is InChI=1S/C19H22FN5O3S/c20-13-8-12-7-11-3-1-4-14(11)17(15(12)9-13)23-19(26)24-29(21,27)16-10-22-25-5-2-6-28-18(16)25/h7,10,13H,1-6,8-9H2,(H3,21,23,24,26,27)/t13-,29-/m1/s1. The Labute approximate surface area is 167 Å². The predicted molar refractivity (Wildman–Crippen MR) is 105 cm³/mol. The summed E-state index contributed by atoms with van der Waals surface area (Å²) in [6, 6.07) is 1.25. The number of rotatable bonds is 2. The number of nitrogens with two attached hydrogens (primary N) is 1. The third kappa shape index (κ3) is 3.20. The zero-order chi connectivity index (χ0) is 20.2. The highest BCUT2D eigenvalue weighted by atomic mass is 32.2. The molecule has 8 nitrogen and oxygen atoms in total. The van der Waals surface area contributed by atoms with Crippen LogP contribution in [0.15, 0.2) is 21.5 Å². The summed E-state index contributed by atoms with van der Waals surface area (Å²) in [6.07, 6.45) is 4.52. The van der Waals surface area contributed by atoms with Crippen molar-refractivity contribution >= 4 is 21.6 Å². The molecule has 2 aliphatic carbocycles. The lowest BCUT2D eigenvalue weighted by Gasteiger charge is -2.16. The topological polar surface area (TPSA) is 112 Å². The molecule has 1 aromatic carbocycles. The van der Waals surface area contributed by atoms with Gasteiger partial charge in [-0.2, -0.15) is 5.10 Å². The van der Waals surface area contributed by atoms with Gasteiger partial charge in [0.05, 0.1) is 12.8 Å². The maximum Gasteiger partial charge on any atom is 0.354 e. The van der Waals surface area contributed by atoms with Crippen LogP contribution >= 0.6 is 0 Å². The van der Waals surface area contributed by atoms with E-state index in [1.165, 1.54) is 6.20 Å². The molecule has 0 fully saturated rings. The van der Waals surface area contributed by atoms with Gasteiger partial charge >= 0.3 is 6.03 Å². The molecule has 0 radical (unpaired) electrons. The second kappa shape index (κ2) is 6.81. The second-order valence-electron chi connectivity index (χ2n) is 7.72. The highest BCUT2D eigenvalue weighted by molar-refractivity contribution is 7.91. The molecule has 3 N–H and O–H groups in total. The molecule has 3 aliphatic rings. The molecule has 0 bridgehead atoms. The fourth-order valence-electron chi connectivity index (χ4n) is 4.50. The zero-order valence-electron chi connectivity index (χ0n) is 15.8. The van der Waals surface area contributed by atoms with Crippen LogP contribution in [0.5, 0.6) is 5.88 Å². The minimum absolute atomic E-state index is 0.111. The minimum Gasteiger partial charge on any atom is -0.477 e. The number of aromatic nitrogens is 2. The van der Waals surface area contributed by atoms with Gasteiger partial charge in [-0.15, -0.1) is 4.36 Å². The van der Waals surface area contributed by atoms with E-state index < -0.39 is 22.1 Å². The molecule has 2 atom stereocenters. The van der Waals surface area contributed by atoms with Crippen LogP contribution in [0.1, 0.15) is 35.1 Å². The van der Waals surface area contributed by atoms with E-state index in [1.807, 2.05) is 0 Å². The summed E-state index contributed by atoms with van der Waals surface area (Å²) in [5.41, 5.74) is 4.53. The molecular formula is C19H22FN5O3S. The first-order chi connectivity index (χ1) is 13.9. The highest BCUT2D eigenvalue weighted by Crippen LogP contribution is 2.39. The van der Waals surface area contributed by atoms with Crippen molar-refractivity contribution in [2.45, 2.75) is 56.1 Å². The summed E-state index contributed by atoms with van der Waals surface area (Å²) in [7, 11) is -3.54. The first kappa shape index (κ1) is 18.6. The fraction of sp³-hybridized carbons (Fsp3) is 0.474. The monoisotopic (exact) mass is 419 g/mol. The smallest absolute Gasteiger partial charge is 0.354 e. The number of nitrogens with one attached hydrogen (secondary N) is 1. The van der Waals surface area contributed by atoms with Gasteiger partial charge in [-0.3, -0.25) is 0 Å². The molecule has 2 aromatic rings. The minimum atomic E-state index is -3.54. The van der Waals surface area contributed by atoms with Gasteiger partial charge in [0, 0.05) is 31.5 Å². The van der Waals surface area contributed by atoms with Crippen LogP contribution in [-0.2, 0) is 42.1 Å². The summed E-state index contributed by atoms with van der Waals surface area (Å²) < 4.78 is 37.9. The Morgan fingerprint density at radius 2 is 2.17 bits per heavy atom. The zero-order valence-corrected chi connectivity index (χ0v) is 16.6. The molecule has 10 heteroatoms. The van der Waals surface area contributed by atoms with E-state index in [1.54, 1.807) is 4.68 Å². The first-order valence-electron chi connectivity index (χ1n) is 9.77. The van der Waals surface area contributed by atoms with Crippen molar-refractivity contribution < 1.29 is 18.1 Å². The van der Waals surface area contributed by atoms with Crippen LogP contribution in [0.4, 0.5) is 14.9 Å². The van der Waals surface area contributed by atoms with Crippen molar-refractivity contribution in [1.82, 2.24) is 9.78 Å². The number of ether oxygens (including phenoxy) is 1. The van der Waals surface area contributed by atoms with Crippen LogP contribution in [0.3, 0.4) is 0 Å². The molecular weight excluding hydrogens is 397 g/mol. The molecule has 0 unspecified atom stereocenters. The number of amides is 2. The molecule has 0 saturated heterocycles. The van der Waals surface area contributed by atoms with E-state index in [0.717, 1.165) is 47.9 Å². The Hall–Kier alpha value is -2.46. The van der Waals surface area contributed by atoms with E-state index >= 15 is 0 Å². The second-order valence-corrected chi connectivity index (χ2v) is 9.47. The normalized spacial score (nSPS) is 21.5. The van der Waals surface area contributed by atoms with E-state index in [0.29, 0.717) is 31.1 Å². The number of urea groups is 1. The Kier molecular flexibility index (Phi) is 4.36. The number of hydrogen-bond acceptors (Lipinski definition) is 4. The average molecular weight is 419 g/mol. The summed E-state index contributed by atoms with van der Waals surface area (Å²) in [6.45, 7) is 1.09. The summed E-state index contributed by atoms with van der Waals surface area (Å²) in [5.74, 6) is 0.294. The van der Waals surface area contributed by atoms with Gasteiger partial charge < -0.3 is 10.1 Å². The summed E-state index contributed by atoms with van der Waals surface area (Å²) >= 11 is 0. The molecule has 0 saturated carbocycles. The van der Waals surface area contributed by atoms with E-state index in [2.05, 4.69) is 20.8 Å². The van der Waals surface area contributed by atoms with Gasteiger partial charge in [-0.25, -0.2) is 23.2 Å². The third-order valence-electron chi connectivity index (χ3n) is 5.75. The van der Waals surface area contributed by atoms with Crippen molar-refractivity contribution in [3.8, 4) is 5.88 Å². The fourth-order valence-corrected chi connectivity index (χ4v) is 5.50. The lowest BCUT2D eigenvalue weighted by atomic mass is 9.99. The van der Waals surface area contributed by atoms with Crippen molar-refractivity contribution in [3.05, 3.63) is 34.5 Å². The maximum atomic E-state index is 14.0. The molecule has 1 aliphatic heterocycles. The van der Waals surface area contributed by atoms with E-state index in [9.17, 15) is 13.4 Å². The van der Waals surface area contributed by atoms with Crippen LogP contribution in [0.25, 0.3) is 0 Å². The first-order valence-corrected chi connectivity index (χ1v) is 11.4. The third-order valence-corrected chi connectivity index (χ3v) is 7.09. The SMILES string of the molecule is N[S@@](=O)(=NC(=O)Nc1c2c(cc3c1C[C@H](F)C3)CCC2)c1cnn2c1OCCC2. The van der Waals surface area contributed by atoms with Crippen molar-refractivity contribution in [3.63, 3.8) is 0 Å². The Morgan fingerprint density at radius 1 is 1.31 bits per heavy atom. The predicted octanol–water partition coefficient (Wildman–Crippen LogP) is 2.52. The van der Waals surface area contributed by atoms with Crippen LogP contribution in [0.2, 0.25) is 0 Å². The molecule has 154 valence electrons. The Balaban J connectivity index is 1.49. The number of nitrogens with zero attached hydrogens (tertiary/aromatic N) is 3. The van der Waals surface area contributed by atoms with E-state index in [4.69, 9.17) is 9.88 Å². The van der Waals surface area contributed by atoms with E-state index in [-0.39, 0.29) is 11.3 Å². The molecule has 0 spiro atoms. The molecule has 29 heavy (non-hydrogen) atoms. The Morgan fingerprint density at radius 3 is 3.03 bits per heavy atom. The van der Waals surface area contributed by atoms with Gasteiger partial charge in [0.1, 0.15) is 11.1 Å². The van der Waals surface area contributed by atoms with Crippen molar-refractivity contribution in [2.75, 3.05) is 11.9 Å². The van der Waals surface area contributed by atoms with Crippen LogP contribution < -0.4 is 15.2 Å². The molecule has 1 aromatic heterocycles. The number of carbonyl (C=O) groups excluding carboxylic acids is 1. The Bertz CT molecular complexity index is 1140. The molecule has 2 amide bonds. The van der Waals surface area contributed by atoms with Gasteiger partial charge in [0.2, 0.25) is 5.88 Å². The lowest BCUT2D eigenvalue weighted by molar-refractivity contribution is 0.224. The largest absolute Gasteiger partial charge is 0.477 e. The summed E-state index contributed by atoms with van der Waals surface area (Å²) in [5, 5.41) is 12.8. The van der Waals surface area contributed by atoms with Crippen LogP contribution in [-0.4, -0.2) is 32.8 Å². The van der Waals surface area contributed by atoms with Gasteiger partial charge in [0.15, 0.2) is 9.92 Å². The molecule has 5 rings (SSSR count).